The number of nitrogens with zero attached hydrogens (tertiary/aromatic N) is 1. The Hall–Kier alpha value is -9.72. The molecule has 5 heteroatoms. The van der Waals surface area contributed by atoms with Crippen LogP contribution in [0.5, 0.6) is 17.2 Å². The zero-order chi connectivity index (χ0) is 44.8. The van der Waals surface area contributed by atoms with E-state index in [0.717, 1.165) is 77.7 Å². The molecule has 1 unspecified atom stereocenters. The smallest absolute Gasteiger partial charge is 0.240 e. The van der Waals surface area contributed by atoms with Crippen LogP contribution in [0.4, 0.5) is 0 Å². The third-order valence-corrected chi connectivity index (χ3v) is 11.2. The lowest BCUT2D eigenvalue weighted by molar-refractivity contribution is 0.105. The van der Waals surface area contributed by atoms with E-state index in [9.17, 15) is 4.79 Å². The molecule has 5 nitrogen and oxygen atoms in total. The summed E-state index contributed by atoms with van der Waals surface area (Å²) in [6.45, 7) is 3.30. The van der Waals surface area contributed by atoms with Crippen molar-refractivity contribution < 1.29 is 19.0 Å². The second-order valence-corrected chi connectivity index (χ2v) is 14.6. The first-order valence-electron chi connectivity index (χ1n) is 20.3. The lowest BCUT2D eigenvalue weighted by atomic mass is 9.70. The molecule has 0 N–H and O–H groups in total. The topological polar surface area (TPSA) is 57.7 Å². The van der Waals surface area contributed by atoms with Gasteiger partial charge >= 0.3 is 0 Å². The maximum atomic E-state index is 13.9. The van der Waals surface area contributed by atoms with E-state index >= 15 is 0 Å². The van der Waals surface area contributed by atoms with Gasteiger partial charge in [0.2, 0.25) is 5.78 Å². The predicted octanol–water partition coefficient (Wildman–Crippen LogP) is 10.5. The van der Waals surface area contributed by atoms with Crippen molar-refractivity contribution in [1.29, 1.82) is 0 Å². The normalized spacial score (nSPS) is 12.5. The minimum Gasteiger partial charge on any atom is -0.480 e. The quantitative estimate of drug-likeness (QED) is 0.0910. The monoisotopic (exact) mass is 829 g/mol. The molecule has 0 aliphatic heterocycles. The highest BCUT2D eigenvalue weighted by Gasteiger charge is 2.53. The van der Waals surface area contributed by atoms with Crippen molar-refractivity contribution in [3.05, 3.63) is 155 Å². The fourth-order valence-electron chi connectivity index (χ4n) is 8.75. The van der Waals surface area contributed by atoms with Gasteiger partial charge in [0.25, 0.3) is 0 Å². The Morgan fingerprint density at radius 3 is 2.03 bits per heavy atom. The van der Waals surface area contributed by atoms with Crippen molar-refractivity contribution in [2.24, 2.45) is 0 Å². The summed E-state index contributed by atoms with van der Waals surface area (Å²) in [5, 5.41) is 2.20. The molecule has 1 heterocycles. The van der Waals surface area contributed by atoms with Crippen LogP contribution in [0.1, 0.15) is 46.5 Å². The zero-order valence-corrected chi connectivity index (χ0v) is 35.1. The maximum Gasteiger partial charge on any atom is 0.240 e. The third-order valence-electron chi connectivity index (χ3n) is 11.2. The van der Waals surface area contributed by atoms with E-state index in [1.54, 1.807) is 19.9 Å². The lowest BCUT2D eigenvalue weighted by Crippen LogP contribution is -2.26. The van der Waals surface area contributed by atoms with Crippen LogP contribution in [-0.2, 0) is 5.41 Å². The number of carbonyl (C=O) groups is 1. The van der Waals surface area contributed by atoms with E-state index < -0.39 is 11.2 Å². The van der Waals surface area contributed by atoms with Gasteiger partial charge in [0.05, 0.1) is 16.7 Å². The Morgan fingerprint density at radius 2 is 1.25 bits per heavy atom. The highest BCUT2D eigenvalue weighted by Crippen LogP contribution is 2.65. The van der Waals surface area contributed by atoms with Gasteiger partial charge in [-0.25, -0.2) is 0 Å². The number of terminal acetylenes is 2. The summed E-state index contributed by atoms with van der Waals surface area (Å²) in [7, 11) is 0. The van der Waals surface area contributed by atoms with E-state index in [1.165, 1.54) is 0 Å². The number of ketones is 1. The summed E-state index contributed by atoms with van der Waals surface area (Å²) in [6, 6.07) is 41.1. The van der Waals surface area contributed by atoms with Gasteiger partial charge in [0.15, 0.2) is 11.5 Å². The number of hydrogen-bond donors (Lipinski definition) is 0. The minimum atomic E-state index is -0.967. The van der Waals surface area contributed by atoms with Crippen LogP contribution in [0.25, 0.3) is 55.4 Å². The summed E-state index contributed by atoms with van der Waals surface area (Å²) >= 11 is 0. The molecule has 0 saturated carbocycles. The highest BCUT2D eigenvalue weighted by molar-refractivity contribution is 6.12. The zero-order valence-electron chi connectivity index (χ0n) is 35.1. The standard InChI is InChI=1S/C60H31NO4/c1-5-9-17-32-63-56-39-53-48(37-50(56)55(62)27-12-8-4)49-38-57(64-33-18-10-6-2)58(65-34-19-11-7-3)40-54(49)60(53)51-26-16-15-25-46(51)47-36-43(28-29-52(47)60)42-22-20-23-44(35-42)59-45-24-14-13-21-41(45)30-31-61-59/h1,4,13-16,20-26,28-31,35-40H,32H2,2-3H3. The molecule has 2 aliphatic carbocycles. The summed E-state index contributed by atoms with van der Waals surface area (Å²) < 4.78 is 18.4. The van der Waals surface area contributed by atoms with Crippen LogP contribution < -0.4 is 14.2 Å². The van der Waals surface area contributed by atoms with Crippen molar-refractivity contribution in [3.63, 3.8) is 0 Å². The fourth-order valence-corrected chi connectivity index (χ4v) is 8.75. The average Bonchev–Trinajstić information content (AvgIpc) is 3.79. The molecule has 0 amide bonds. The molecule has 9 rings (SSSR count). The van der Waals surface area contributed by atoms with Crippen molar-refractivity contribution in [1.82, 2.24) is 4.98 Å². The number of fused-ring (bicyclic) bond motifs is 11. The lowest BCUT2D eigenvalue weighted by Gasteiger charge is -2.31. The summed E-state index contributed by atoms with van der Waals surface area (Å²) in [6.07, 6.45) is 18.1. The Labute approximate surface area is 378 Å². The van der Waals surface area contributed by atoms with Gasteiger partial charge in [-0.2, -0.15) is 0 Å². The maximum absolute atomic E-state index is 13.9. The van der Waals surface area contributed by atoms with Crippen LogP contribution in [0.3, 0.4) is 0 Å². The molecule has 1 aromatic heterocycles. The Bertz CT molecular complexity index is 3670. The molecule has 0 radical (unpaired) electrons. The van der Waals surface area contributed by atoms with Crippen LogP contribution in [0, 0.1) is 96.1 Å². The van der Waals surface area contributed by atoms with Crippen LogP contribution >= 0.6 is 0 Å². The van der Waals surface area contributed by atoms with Crippen molar-refractivity contribution >= 4 is 16.6 Å². The van der Waals surface area contributed by atoms with Gasteiger partial charge in [-0.05, 0) is 165 Å². The first-order valence-corrected chi connectivity index (χ1v) is 20.3. The number of ether oxygens (including phenoxy) is 3. The minimum absolute atomic E-state index is 0.0791. The third kappa shape index (κ3) is 7.23. The molecule has 2 aliphatic rings. The number of Topliss-reactive ketones (excluding diaryl/α,β-unsaturated/α-hetero) is 1. The molecule has 0 saturated heterocycles. The molecule has 0 fully saturated rings. The van der Waals surface area contributed by atoms with E-state index in [0.29, 0.717) is 5.75 Å². The molecule has 1 spiro atoms. The number of hydrogen-bond acceptors (Lipinski definition) is 5. The second-order valence-electron chi connectivity index (χ2n) is 14.6. The molecule has 0 bridgehead atoms. The number of carbonyl (C=O) groups excluding carboxylic acids is 1. The Morgan fingerprint density at radius 1 is 0.585 bits per heavy atom. The first-order chi connectivity index (χ1) is 32.0. The molecular formula is C60H31NO4. The number of benzene rings is 6. The molecule has 300 valence electrons. The molecular weight excluding hydrogens is 799 g/mol. The van der Waals surface area contributed by atoms with Gasteiger partial charge in [0, 0.05) is 29.0 Å². The second kappa shape index (κ2) is 17.7. The van der Waals surface area contributed by atoms with Crippen LogP contribution in [0.15, 0.2) is 128 Å². The molecule has 65 heavy (non-hydrogen) atoms. The molecule has 6 aromatic carbocycles. The summed E-state index contributed by atoms with van der Waals surface area (Å²) in [5.74, 6) is 31.7. The van der Waals surface area contributed by atoms with Gasteiger partial charge < -0.3 is 14.2 Å². The van der Waals surface area contributed by atoms with Gasteiger partial charge in [-0.3, -0.25) is 9.78 Å². The average molecular weight is 830 g/mol. The van der Waals surface area contributed by atoms with Crippen molar-refractivity contribution in [2.45, 2.75) is 19.3 Å². The molecule has 1 atom stereocenters. The largest absolute Gasteiger partial charge is 0.480 e. The summed E-state index contributed by atoms with van der Waals surface area (Å²) in [5.41, 5.74) is 10.4. The van der Waals surface area contributed by atoms with Crippen LogP contribution in [0.2, 0.25) is 0 Å². The van der Waals surface area contributed by atoms with Gasteiger partial charge in [0.1, 0.15) is 24.6 Å². The summed E-state index contributed by atoms with van der Waals surface area (Å²) in [4.78, 5) is 18.7. The predicted molar refractivity (Wildman–Crippen MR) is 256 cm³/mol. The van der Waals surface area contributed by atoms with Gasteiger partial charge in [-0.1, -0.05) is 90.7 Å². The van der Waals surface area contributed by atoms with E-state index in [-0.39, 0.29) is 23.7 Å². The number of aromatic nitrogens is 1. The molecule has 7 aromatic rings. The van der Waals surface area contributed by atoms with Crippen molar-refractivity contribution in [2.75, 3.05) is 6.61 Å². The number of rotatable bonds is 7. The first kappa shape index (κ1) is 40.7. The van der Waals surface area contributed by atoms with E-state index in [2.05, 4.69) is 150 Å². The van der Waals surface area contributed by atoms with E-state index in [4.69, 9.17) is 32.0 Å². The fraction of sp³-hybridized carbons (Fsp3) is 0.0667. The van der Waals surface area contributed by atoms with Gasteiger partial charge in [-0.15, -0.1) is 12.8 Å². The number of pyridine rings is 1. The SMILES string of the molecule is C#CC#CCOc1cc2c(cc1C(=O)C#CC#C)-c1cc(OC#CC#CC)c(OC#CC#CC)cc1C21c2ccccc2-c2cc(-c3cccc(-c4nccc5ccccc45)c3)ccc21. The van der Waals surface area contributed by atoms with E-state index in [1.807, 2.05) is 54.7 Å². The Balaban J connectivity index is 1.31. The highest BCUT2D eigenvalue weighted by atomic mass is 16.5. The Kier molecular flexibility index (Phi) is 11.1. The van der Waals surface area contributed by atoms with Crippen LogP contribution in [-0.4, -0.2) is 17.4 Å². The van der Waals surface area contributed by atoms with Crippen molar-refractivity contribution in [3.8, 4) is 158 Å².